The molecule has 0 radical (unpaired) electrons. The van der Waals surface area contributed by atoms with Gasteiger partial charge in [-0.1, -0.05) is 11.6 Å². The molecule has 1 aromatic heterocycles. The molecule has 0 aliphatic carbocycles. The number of hydrogen-bond donors (Lipinski definition) is 2. The first-order chi connectivity index (χ1) is 9.83. The van der Waals surface area contributed by atoms with Crippen molar-refractivity contribution in [2.75, 3.05) is 4.72 Å². The van der Waals surface area contributed by atoms with Crippen molar-refractivity contribution < 1.29 is 17.9 Å². The Hall–Kier alpha value is -1.70. The molecule has 0 spiro atoms. The van der Waals surface area contributed by atoms with Crippen LogP contribution in [0, 0.1) is 12.7 Å². The van der Waals surface area contributed by atoms with Crippen molar-refractivity contribution in [1.29, 1.82) is 0 Å². The lowest BCUT2D eigenvalue weighted by Crippen LogP contribution is -2.14. The van der Waals surface area contributed by atoms with Crippen molar-refractivity contribution in [2.45, 2.75) is 18.4 Å². The fourth-order valence-electron chi connectivity index (χ4n) is 1.71. The zero-order chi connectivity index (χ0) is 15.6. The summed E-state index contributed by atoms with van der Waals surface area (Å²) in [4.78, 5) is 3.63. The number of sulfonamides is 1. The van der Waals surface area contributed by atoms with Crippen LogP contribution in [0.25, 0.3) is 0 Å². The molecule has 1 heterocycles. The average molecular weight is 331 g/mol. The number of rotatable bonds is 4. The molecule has 2 N–H and O–H groups in total. The van der Waals surface area contributed by atoms with E-state index in [4.69, 9.17) is 16.7 Å². The number of nitrogens with zero attached hydrogens (tertiary/aromatic N) is 1. The molecule has 0 aliphatic rings. The molecular weight excluding hydrogens is 319 g/mol. The molecule has 2 aromatic rings. The number of aromatic nitrogens is 1. The van der Waals surface area contributed by atoms with E-state index in [0.717, 1.165) is 12.1 Å². The van der Waals surface area contributed by atoms with Gasteiger partial charge in [0.15, 0.2) is 0 Å². The van der Waals surface area contributed by atoms with Crippen LogP contribution in [0.15, 0.2) is 35.4 Å². The maximum atomic E-state index is 13.6. The van der Waals surface area contributed by atoms with Crippen molar-refractivity contribution >= 4 is 27.3 Å². The van der Waals surface area contributed by atoms with Crippen LogP contribution in [0.3, 0.4) is 0 Å². The SMILES string of the molecule is Cc1cc(NS(=O)(=O)c2cc(F)c(Cl)c(CO)c2)ccn1. The monoisotopic (exact) mass is 330 g/mol. The van der Waals surface area contributed by atoms with E-state index >= 15 is 0 Å². The Kier molecular flexibility index (Phi) is 4.46. The minimum Gasteiger partial charge on any atom is -0.392 e. The predicted octanol–water partition coefficient (Wildman–Crippen LogP) is 2.48. The minimum atomic E-state index is -3.99. The minimum absolute atomic E-state index is 0.00273. The third-order valence-electron chi connectivity index (χ3n) is 2.71. The van der Waals surface area contributed by atoms with E-state index in [1.807, 2.05) is 0 Å². The van der Waals surface area contributed by atoms with Gasteiger partial charge in [-0.3, -0.25) is 9.71 Å². The molecule has 0 amide bonds. The second-order valence-corrected chi connectivity index (χ2v) is 6.39. The highest BCUT2D eigenvalue weighted by Gasteiger charge is 2.19. The van der Waals surface area contributed by atoms with Crippen molar-refractivity contribution in [3.8, 4) is 0 Å². The summed E-state index contributed by atoms with van der Waals surface area (Å²) in [6.07, 6.45) is 1.45. The Bertz CT molecular complexity index is 781. The van der Waals surface area contributed by atoms with E-state index < -0.39 is 22.4 Å². The van der Waals surface area contributed by atoms with Crippen molar-refractivity contribution in [2.24, 2.45) is 0 Å². The molecule has 112 valence electrons. The van der Waals surface area contributed by atoms with Gasteiger partial charge in [-0.25, -0.2) is 12.8 Å². The van der Waals surface area contributed by atoms with Gasteiger partial charge in [0.1, 0.15) is 5.82 Å². The highest BCUT2D eigenvalue weighted by molar-refractivity contribution is 7.92. The topological polar surface area (TPSA) is 79.3 Å². The summed E-state index contributed by atoms with van der Waals surface area (Å²) < 4.78 is 40.4. The molecule has 5 nitrogen and oxygen atoms in total. The zero-order valence-electron chi connectivity index (χ0n) is 11.0. The second kappa shape index (κ2) is 5.97. The van der Waals surface area contributed by atoms with Crippen LogP contribution in [-0.2, 0) is 16.6 Å². The number of hydrogen-bond acceptors (Lipinski definition) is 4. The lowest BCUT2D eigenvalue weighted by atomic mass is 10.2. The molecule has 0 fully saturated rings. The van der Waals surface area contributed by atoms with Gasteiger partial charge in [0.25, 0.3) is 10.0 Å². The van der Waals surface area contributed by atoms with Gasteiger partial charge in [0.2, 0.25) is 0 Å². The molecule has 2 rings (SSSR count). The summed E-state index contributed by atoms with van der Waals surface area (Å²) in [7, 11) is -3.99. The van der Waals surface area contributed by atoms with Gasteiger partial charge in [-0.2, -0.15) is 0 Å². The van der Waals surface area contributed by atoms with E-state index in [1.165, 1.54) is 18.3 Å². The van der Waals surface area contributed by atoms with Crippen LogP contribution < -0.4 is 4.72 Å². The standard InChI is InChI=1S/C13H12ClFN2O3S/c1-8-4-10(2-3-16-8)17-21(19,20)11-5-9(7-18)13(14)12(15)6-11/h2-6,18H,7H2,1H3,(H,16,17). The summed E-state index contributed by atoms with van der Waals surface area (Å²) in [5.41, 5.74) is 0.944. The average Bonchev–Trinajstić information content (AvgIpc) is 2.41. The summed E-state index contributed by atoms with van der Waals surface area (Å²) in [6.45, 7) is 1.15. The number of aryl methyl sites for hydroxylation is 1. The fraction of sp³-hybridized carbons (Fsp3) is 0.154. The summed E-state index contributed by atoms with van der Waals surface area (Å²) in [5.74, 6) is -0.908. The molecule has 0 aliphatic heterocycles. The van der Waals surface area contributed by atoms with Crippen molar-refractivity contribution in [3.63, 3.8) is 0 Å². The first kappa shape index (κ1) is 15.7. The van der Waals surface area contributed by atoms with Crippen LogP contribution in [0.1, 0.15) is 11.3 Å². The first-order valence-corrected chi connectivity index (χ1v) is 7.74. The van der Waals surface area contributed by atoms with Gasteiger partial charge in [0.05, 0.1) is 22.2 Å². The Morgan fingerprint density at radius 3 is 2.71 bits per heavy atom. The zero-order valence-corrected chi connectivity index (χ0v) is 12.5. The van der Waals surface area contributed by atoms with E-state index in [1.54, 1.807) is 6.92 Å². The van der Waals surface area contributed by atoms with Gasteiger partial charge in [-0.05, 0) is 31.2 Å². The van der Waals surface area contributed by atoms with Crippen molar-refractivity contribution in [3.05, 3.63) is 52.6 Å². The third kappa shape index (κ3) is 3.49. The van der Waals surface area contributed by atoms with Crippen LogP contribution in [-0.4, -0.2) is 18.5 Å². The molecule has 8 heteroatoms. The van der Waals surface area contributed by atoms with Gasteiger partial charge in [0, 0.05) is 17.5 Å². The molecule has 0 atom stereocenters. The molecule has 21 heavy (non-hydrogen) atoms. The normalized spacial score (nSPS) is 11.4. The summed E-state index contributed by atoms with van der Waals surface area (Å²) >= 11 is 5.64. The molecule has 0 saturated carbocycles. The predicted molar refractivity (Wildman–Crippen MR) is 77.1 cm³/mol. The van der Waals surface area contributed by atoms with E-state index in [9.17, 15) is 12.8 Å². The second-order valence-electron chi connectivity index (χ2n) is 4.33. The number of halogens is 2. The van der Waals surface area contributed by atoms with E-state index in [0.29, 0.717) is 11.4 Å². The number of nitrogens with one attached hydrogen (secondary N) is 1. The Morgan fingerprint density at radius 1 is 1.38 bits per heavy atom. The molecular formula is C13H12ClFN2O3S. The van der Waals surface area contributed by atoms with Gasteiger partial charge in [-0.15, -0.1) is 0 Å². The fourth-order valence-corrected chi connectivity index (χ4v) is 2.99. The summed E-state index contributed by atoms with van der Waals surface area (Å²) in [5, 5.41) is 8.79. The van der Waals surface area contributed by atoms with Gasteiger partial charge >= 0.3 is 0 Å². The van der Waals surface area contributed by atoms with Crippen LogP contribution >= 0.6 is 11.6 Å². The van der Waals surface area contributed by atoms with Crippen LogP contribution in [0.4, 0.5) is 10.1 Å². The quantitative estimate of drug-likeness (QED) is 0.902. The molecule has 1 aromatic carbocycles. The van der Waals surface area contributed by atoms with Crippen molar-refractivity contribution in [1.82, 2.24) is 4.98 Å². The van der Waals surface area contributed by atoms with Crippen LogP contribution in [0.5, 0.6) is 0 Å². The third-order valence-corrected chi connectivity index (χ3v) is 4.49. The van der Waals surface area contributed by atoms with Crippen LogP contribution in [0.2, 0.25) is 5.02 Å². The number of benzene rings is 1. The Labute approximate surface area is 126 Å². The lowest BCUT2D eigenvalue weighted by Gasteiger charge is -2.10. The largest absolute Gasteiger partial charge is 0.392 e. The number of pyridine rings is 1. The maximum absolute atomic E-state index is 13.6. The molecule has 0 bridgehead atoms. The summed E-state index contributed by atoms with van der Waals surface area (Å²) in [6, 6.07) is 4.94. The highest BCUT2D eigenvalue weighted by Crippen LogP contribution is 2.25. The van der Waals surface area contributed by atoms with Gasteiger partial charge < -0.3 is 5.11 Å². The van der Waals surface area contributed by atoms with E-state index in [-0.39, 0.29) is 15.5 Å². The smallest absolute Gasteiger partial charge is 0.262 e. The number of anilines is 1. The first-order valence-electron chi connectivity index (χ1n) is 5.88. The maximum Gasteiger partial charge on any atom is 0.262 e. The highest BCUT2D eigenvalue weighted by atomic mass is 35.5. The number of aliphatic hydroxyl groups excluding tert-OH is 1. The number of aliphatic hydroxyl groups is 1. The lowest BCUT2D eigenvalue weighted by molar-refractivity contribution is 0.281. The Balaban J connectivity index is 2.42. The molecule has 0 saturated heterocycles. The van der Waals surface area contributed by atoms with E-state index in [2.05, 4.69) is 9.71 Å². The Morgan fingerprint density at radius 2 is 2.10 bits per heavy atom. The molecule has 0 unspecified atom stereocenters.